The summed E-state index contributed by atoms with van der Waals surface area (Å²) >= 11 is 0. The highest BCUT2D eigenvalue weighted by atomic mass is 19.1. The summed E-state index contributed by atoms with van der Waals surface area (Å²) in [5, 5.41) is 0. The number of hydrogen-bond donors (Lipinski definition) is 0. The molecule has 2 fully saturated rings. The van der Waals surface area contributed by atoms with Gasteiger partial charge >= 0.3 is 5.97 Å². The van der Waals surface area contributed by atoms with Crippen LogP contribution in [0.3, 0.4) is 0 Å². The molecule has 0 radical (unpaired) electrons. The van der Waals surface area contributed by atoms with E-state index in [4.69, 9.17) is 4.74 Å². The molecule has 0 spiro atoms. The lowest BCUT2D eigenvalue weighted by Gasteiger charge is -2.28. The summed E-state index contributed by atoms with van der Waals surface area (Å²) in [5.74, 6) is -2.10. The maximum atomic E-state index is 13.3. The molecule has 2 aromatic carbocycles. The number of imide groups is 1. The van der Waals surface area contributed by atoms with Crippen molar-refractivity contribution >= 4 is 29.4 Å². The van der Waals surface area contributed by atoms with Crippen molar-refractivity contribution < 1.29 is 28.3 Å². The summed E-state index contributed by atoms with van der Waals surface area (Å²) in [6, 6.07) is 10.8. The van der Waals surface area contributed by atoms with Gasteiger partial charge < -0.3 is 9.64 Å². The predicted octanol–water partition coefficient (Wildman–Crippen LogP) is 3.07. The molecule has 32 heavy (non-hydrogen) atoms. The molecular formula is C24H23FN2O5. The first-order valence-electron chi connectivity index (χ1n) is 10.6. The first kappa shape index (κ1) is 21.7. The van der Waals surface area contributed by atoms with Gasteiger partial charge in [0.15, 0.2) is 0 Å². The SMILES string of the molecule is CCOC(=O)c1ccc(N2C(=O)CC(N(Cc3ccc(F)cc3)C(=O)C3CC3)C2=O)cc1. The van der Waals surface area contributed by atoms with Crippen LogP contribution in [-0.2, 0) is 25.7 Å². The zero-order valence-electron chi connectivity index (χ0n) is 17.6. The van der Waals surface area contributed by atoms with Crippen LogP contribution < -0.4 is 4.90 Å². The maximum absolute atomic E-state index is 13.3. The van der Waals surface area contributed by atoms with Gasteiger partial charge in [0.2, 0.25) is 11.8 Å². The molecule has 8 heteroatoms. The van der Waals surface area contributed by atoms with E-state index in [0.29, 0.717) is 16.8 Å². The Balaban J connectivity index is 1.56. The van der Waals surface area contributed by atoms with Crippen LogP contribution in [0.15, 0.2) is 48.5 Å². The van der Waals surface area contributed by atoms with E-state index in [2.05, 4.69) is 0 Å². The second-order valence-electron chi connectivity index (χ2n) is 7.92. The zero-order chi connectivity index (χ0) is 22.8. The van der Waals surface area contributed by atoms with Gasteiger partial charge in [-0.1, -0.05) is 12.1 Å². The predicted molar refractivity (Wildman–Crippen MR) is 113 cm³/mol. The van der Waals surface area contributed by atoms with Gasteiger partial charge in [-0.25, -0.2) is 14.1 Å². The highest BCUT2D eigenvalue weighted by Crippen LogP contribution is 2.35. The molecule has 1 saturated carbocycles. The molecule has 0 N–H and O–H groups in total. The van der Waals surface area contributed by atoms with Gasteiger partial charge in [-0.3, -0.25) is 14.4 Å². The molecule has 1 saturated heterocycles. The molecule has 1 heterocycles. The molecule has 4 rings (SSSR count). The summed E-state index contributed by atoms with van der Waals surface area (Å²) < 4.78 is 18.2. The molecular weight excluding hydrogens is 415 g/mol. The van der Waals surface area contributed by atoms with Crippen molar-refractivity contribution in [2.45, 2.75) is 38.8 Å². The molecule has 7 nitrogen and oxygen atoms in total. The highest BCUT2D eigenvalue weighted by Gasteiger charge is 2.46. The quantitative estimate of drug-likeness (QED) is 0.490. The molecule has 1 aliphatic heterocycles. The number of carbonyl (C=O) groups excluding carboxylic acids is 4. The number of nitrogens with zero attached hydrogens (tertiary/aromatic N) is 2. The van der Waals surface area contributed by atoms with Crippen molar-refractivity contribution in [3.8, 4) is 0 Å². The van der Waals surface area contributed by atoms with Crippen LogP contribution in [0.2, 0.25) is 0 Å². The Morgan fingerprint density at radius 2 is 1.72 bits per heavy atom. The van der Waals surface area contributed by atoms with Crippen LogP contribution in [0.5, 0.6) is 0 Å². The topological polar surface area (TPSA) is 84.0 Å². The van der Waals surface area contributed by atoms with Crippen molar-refractivity contribution in [1.29, 1.82) is 0 Å². The smallest absolute Gasteiger partial charge is 0.338 e. The van der Waals surface area contributed by atoms with Gasteiger partial charge in [-0.15, -0.1) is 0 Å². The minimum atomic E-state index is -0.926. The minimum Gasteiger partial charge on any atom is -0.462 e. The first-order valence-corrected chi connectivity index (χ1v) is 10.6. The molecule has 166 valence electrons. The lowest BCUT2D eigenvalue weighted by Crippen LogP contribution is -2.45. The number of ether oxygens (including phenoxy) is 1. The summed E-state index contributed by atoms with van der Waals surface area (Å²) in [6.07, 6.45) is 1.39. The Morgan fingerprint density at radius 1 is 1.06 bits per heavy atom. The average Bonchev–Trinajstić information content (AvgIpc) is 3.59. The molecule has 0 aromatic heterocycles. The molecule has 1 atom stereocenters. The lowest BCUT2D eigenvalue weighted by molar-refractivity contribution is -0.140. The third kappa shape index (κ3) is 4.39. The van der Waals surface area contributed by atoms with E-state index in [1.807, 2.05) is 0 Å². The van der Waals surface area contributed by atoms with Crippen molar-refractivity contribution in [2.75, 3.05) is 11.5 Å². The van der Waals surface area contributed by atoms with Crippen LogP contribution in [-0.4, -0.2) is 41.2 Å². The summed E-state index contributed by atoms with van der Waals surface area (Å²) in [4.78, 5) is 53.3. The number of amides is 3. The third-order valence-corrected chi connectivity index (χ3v) is 5.61. The Morgan fingerprint density at radius 3 is 2.31 bits per heavy atom. The van der Waals surface area contributed by atoms with E-state index in [1.54, 1.807) is 19.1 Å². The van der Waals surface area contributed by atoms with E-state index >= 15 is 0 Å². The number of benzene rings is 2. The number of esters is 1. The van der Waals surface area contributed by atoms with E-state index in [9.17, 15) is 23.6 Å². The fourth-order valence-electron chi connectivity index (χ4n) is 3.78. The van der Waals surface area contributed by atoms with Gasteiger partial charge in [0.25, 0.3) is 5.91 Å². The Kier molecular flexibility index (Phi) is 6.03. The van der Waals surface area contributed by atoms with Crippen molar-refractivity contribution in [3.05, 3.63) is 65.5 Å². The second kappa shape index (κ2) is 8.90. The van der Waals surface area contributed by atoms with Crippen molar-refractivity contribution in [2.24, 2.45) is 5.92 Å². The van der Waals surface area contributed by atoms with Gasteiger partial charge in [0.1, 0.15) is 11.9 Å². The number of rotatable bonds is 7. The Bertz CT molecular complexity index is 1050. The lowest BCUT2D eigenvalue weighted by atomic mass is 10.1. The van der Waals surface area contributed by atoms with Gasteiger partial charge in [0.05, 0.1) is 24.3 Å². The highest BCUT2D eigenvalue weighted by molar-refractivity contribution is 6.23. The van der Waals surface area contributed by atoms with Crippen LogP contribution >= 0.6 is 0 Å². The Hall–Kier alpha value is -3.55. The average molecular weight is 438 g/mol. The minimum absolute atomic E-state index is 0.120. The van der Waals surface area contributed by atoms with E-state index in [0.717, 1.165) is 17.7 Å². The van der Waals surface area contributed by atoms with Gasteiger partial charge in [0, 0.05) is 12.5 Å². The summed E-state index contributed by atoms with van der Waals surface area (Å²) in [7, 11) is 0. The normalized spacial score (nSPS) is 18.1. The molecule has 1 aliphatic carbocycles. The number of carbonyl (C=O) groups is 4. The monoisotopic (exact) mass is 438 g/mol. The molecule has 2 aliphatic rings. The third-order valence-electron chi connectivity index (χ3n) is 5.61. The fourth-order valence-corrected chi connectivity index (χ4v) is 3.78. The van der Waals surface area contributed by atoms with Gasteiger partial charge in [-0.2, -0.15) is 0 Å². The number of halogens is 1. The van der Waals surface area contributed by atoms with Crippen molar-refractivity contribution in [3.63, 3.8) is 0 Å². The standard InChI is InChI=1S/C24H23FN2O5/c1-2-32-24(31)17-7-11-19(12-8-17)27-21(28)13-20(23(27)30)26(22(29)16-5-6-16)14-15-3-9-18(25)10-4-15/h3-4,7-12,16,20H,2,5-6,13-14H2,1H3. The summed E-state index contributed by atoms with van der Waals surface area (Å²) in [5.41, 5.74) is 1.32. The Labute approximate surface area is 184 Å². The molecule has 3 amide bonds. The molecule has 1 unspecified atom stereocenters. The van der Waals surface area contributed by atoms with Crippen LogP contribution in [0.4, 0.5) is 10.1 Å². The van der Waals surface area contributed by atoms with Gasteiger partial charge in [-0.05, 0) is 61.7 Å². The van der Waals surface area contributed by atoms with E-state index in [-0.39, 0.29) is 31.4 Å². The number of anilines is 1. The van der Waals surface area contributed by atoms with Crippen LogP contribution in [0.1, 0.15) is 42.1 Å². The molecule has 2 aromatic rings. The summed E-state index contributed by atoms with van der Waals surface area (Å²) in [6.45, 7) is 2.06. The van der Waals surface area contributed by atoms with Crippen molar-refractivity contribution in [1.82, 2.24) is 4.90 Å². The van der Waals surface area contributed by atoms with E-state index < -0.39 is 29.6 Å². The fraction of sp³-hybridized carbons (Fsp3) is 0.333. The largest absolute Gasteiger partial charge is 0.462 e. The molecule has 0 bridgehead atoms. The zero-order valence-corrected chi connectivity index (χ0v) is 17.6. The maximum Gasteiger partial charge on any atom is 0.338 e. The number of hydrogen-bond acceptors (Lipinski definition) is 5. The van der Waals surface area contributed by atoms with Crippen LogP contribution in [0, 0.1) is 11.7 Å². The van der Waals surface area contributed by atoms with Crippen LogP contribution in [0.25, 0.3) is 0 Å². The van der Waals surface area contributed by atoms with E-state index in [1.165, 1.54) is 41.3 Å². The second-order valence-corrected chi connectivity index (χ2v) is 7.92. The first-order chi connectivity index (χ1) is 15.4.